The van der Waals surface area contributed by atoms with Gasteiger partial charge in [-0.05, 0) is 18.0 Å². The van der Waals surface area contributed by atoms with E-state index in [4.69, 9.17) is 8.85 Å². The third-order valence-corrected chi connectivity index (χ3v) is 3.62. The van der Waals surface area contributed by atoms with Crippen LogP contribution < -0.4 is 5.19 Å². The summed E-state index contributed by atoms with van der Waals surface area (Å²) in [5, 5.41) is 1.20. The maximum atomic E-state index is 5.76. The Bertz CT molecular complexity index is 243. The van der Waals surface area contributed by atoms with E-state index in [1.807, 2.05) is 18.2 Å². The monoisotopic (exact) mass is 223 g/mol. The van der Waals surface area contributed by atoms with Gasteiger partial charge in [-0.25, -0.2) is 0 Å². The fraction of sp³-hybridized carbons (Fsp3) is 0.500. The molecule has 1 radical (unpaired) electrons. The van der Waals surface area contributed by atoms with Crippen LogP contribution in [0.25, 0.3) is 0 Å². The first-order chi connectivity index (χ1) is 7.38. The van der Waals surface area contributed by atoms with Gasteiger partial charge in [0.25, 0.3) is 0 Å². The third-order valence-electron chi connectivity index (χ3n) is 1.88. The molecule has 1 rings (SSSR count). The van der Waals surface area contributed by atoms with Gasteiger partial charge in [-0.1, -0.05) is 44.2 Å². The summed E-state index contributed by atoms with van der Waals surface area (Å²) in [5.41, 5.74) is 0. The molecule has 83 valence electrons. The molecule has 0 aliphatic heterocycles. The van der Waals surface area contributed by atoms with Crippen molar-refractivity contribution >= 4 is 14.5 Å². The molecule has 2 nitrogen and oxygen atoms in total. The number of hydrogen-bond acceptors (Lipinski definition) is 2. The van der Waals surface area contributed by atoms with Crippen molar-refractivity contribution in [2.45, 2.75) is 26.7 Å². The Morgan fingerprint density at radius 3 is 1.93 bits per heavy atom. The summed E-state index contributed by atoms with van der Waals surface area (Å²) in [7, 11) is -1.25. The molecule has 15 heavy (non-hydrogen) atoms. The molecular weight excluding hydrogens is 204 g/mol. The van der Waals surface area contributed by atoms with Gasteiger partial charge in [0, 0.05) is 13.2 Å². The van der Waals surface area contributed by atoms with Crippen molar-refractivity contribution in [2.24, 2.45) is 0 Å². The van der Waals surface area contributed by atoms with Crippen LogP contribution in [0.3, 0.4) is 0 Å². The van der Waals surface area contributed by atoms with Crippen molar-refractivity contribution in [1.82, 2.24) is 0 Å². The van der Waals surface area contributed by atoms with Crippen LogP contribution in [-0.4, -0.2) is 22.5 Å². The number of benzene rings is 1. The zero-order valence-corrected chi connectivity index (χ0v) is 10.5. The lowest BCUT2D eigenvalue weighted by molar-refractivity contribution is 0.207. The topological polar surface area (TPSA) is 18.5 Å². The van der Waals surface area contributed by atoms with E-state index in [9.17, 15) is 0 Å². The molecule has 0 saturated heterocycles. The lowest BCUT2D eigenvalue weighted by Crippen LogP contribution is -2.37. The van der Waals surface area contributed by atoms with E-state index in [0.717, 1.165) is 26.1 Å². The summed E-state index contributed by atoms with van der Waals surface area (Å²) >= 11 is 0. The fourth-order valence-electron chi connectivity index (χ4n) is 1.17. The summed E-state index contributed by atoms with van der Waals surface area (Å²) < 4.78 is 11.5. The standard InChI is InChI=1S/C12H19O2Si/c1-3-10-13-15(14-11-4-2)12-8-6-5-7-9-12/h5-9H,3-4,10-11H2,1-2H3. The van der Waals surface area contributed by atoms with E-state index < -0.39 is 9.28 Å². The van der Waals surface area contributed by atoms with Crippen molar-refractivity contribution in [3.8, 4) is 0 Å². The van der Waals surface area contributed by atoms with E-state index >= 15 is 0 Å². The Morgan fingerprint density at radius 1 is 0.933 bits per heavy atom. The number of hydrogen-bond donors (Lipinski definition) is 0. The first kappa shape index (κ1) is 12.4. The van der Waals surface area contributed by atoms with Crippen molar-refractivity contribution in [2.75, 3.05) is 13.2 Å². The van der Waals surface area contributed by atoms with Gasteiger partial charge in [0.2, 0.25) is 0 Å². The lowest BCUT2D eigenvalue weighted by atomic mass is 10.4. The van der Waals surface area contributed by atoms with Gasteiger partial charge in [0.05, 0.1) is 0 Å². The van der Waals surface area contributed by atoms with E-state index in [1.165, 1.54) is 5.19 Å². The van der Waals surface area contributed by atoms with Crippen LogP contribution >= 0.6 is 0 Å². The molecule has 3 heteroatoms. The minimum absolute atomic E-state index is 0.785. The average Bonchev–Trinajstić information content (AvgIpc) is 2.30. The summed E-state index contributed by atoms with van der Waals surface area (Å²) in [5.74, 6) is 0. The highest BCUT2D eigenvalue weighted by Crippen LogP contribution is 1.96. The molecule has 0 fully saturated rings. The van der Waals surface area contributed by atoms with Crippen LogP contribution in [-0.2, 0) is 8.85 Å². The van der Waals surface area contributed by atoms with Crippen LogP contribution in [0, 0.1) is 0 Å². The van der Waals surface area contributed by atoms with E-state index in [0.29, 0.717) is 0 Å². The molecule has 1 aromatic carbocycles. The molecule has 0 aliphatic rings. The molecule has 0 spiro atoms. The van der Waals surface area contributed by atoms with E-state index in [-0.39, 0.29) is 0 Å². The maximum absolute atomic E-state index is 5.76. The molecule has 0 unspecified atom stereocenters. The average molecular weight is 223 g/mol. The quantitative estimate of drug-likeness (QED) is 0.660. The molecule has 1 aromatic rings. The normalized spacial score (nSPS) is 10.9. The molecule has 0 aromatic heterocycles. The van der Waals surface area contributed by atoms with Gasteiger partial charge in [0.1, 0.15) is 0 Å². The second kappa shape index (κ2) is 7.62. The summed E-state index contributed by atoms with van der Waals surface area (Å²) in [4.78, 5) is 0. The zero-order valence-electron chi connectivity index (χ0n) is 9.53. The largest absolute Gasteiger partial charge is 0.423 e. The highest BCUT2D eigenvalue weighted by atomic mass is 28.3. The van der Waals surface area contributed by atoms with E-state index in [1.54, 1.807) is 0 Å². The van der Waals surface area contributed by atoms with Crippen molar-refractivity contribution in [3.05, 3.63) is 30.3 Å². The van der Waals surface area contributed by atoms with Crippen molar-refractivity contribution in [3.63, 3.8) is 0 Å². The second-order valence-electron chi connectivity index (χ2n) is 3.35. The zero-order chi connectivity index (χ0) is 10.9. The molecule has 0 saturated carbocycles. The van der Waals surface area contributed by atoms with Gasteiger partial charge in [-0.15, -0.1) is 0 Å². The Labute approximate surface area is 94.1 Å². The predicted molar refractivity (Wildman–Crippen MR) is 64.3 cm³/mol. The minimum atomic E-state index is -1.25. The maximum Gasteiger partial charge on any atom is 0.423 e. The van der Waals surface area contributed by atoms with Crippen molar-refractivity contribution in [1.29, 1.82) is 0 Å². The SMILES string of the molecule is CCCO[Si](OCCC)c1ccccc1. The Morgan fingerprint density at radius 2 is 1.47 bits per heavy atom. The Hall–Kier alpha value is -0.643. The summed E-state index contributed by atoms with van der Waals surface area (Å²) in [6, 6.07) is 10.2. The molecular formula is C12H19O2Si. The molecule has 0 amide bonds. The first-order valence-electron chi connectivity index (χ1n) is 5.56. The molecule has 0 N–H and O–H groups in total. The van der Waals surface area contributed by atoms with Crippen molar-refractivity contribution < 1.29 is 8.85 Å². The van der Waals surface area contributed by atoms with Crippen LogP contribution in [0.4, 0.5) is 0 Å². The summed E-state index contributed by atoms with van der Waals surface area (Å²) in [6.45, 7) is 5.80. The third kappa shape index (κ3) is 4.60. The van der Waals surface area contributed by atoms with Crippen LogP contribution in [0.5, 0.6) is 0 Å². The lowest BCUT2D eigenvalue weighted by Gasteiger charge is -2.14. The highest BCUT2D eigenvalue weighted by molar-refractivity contribution is 6.61. The first-order valence-corrected chi connectivity index (χ1v) is 6.88. The van der Waals surface area contributed by atoms with Gasteiger partial charge in [0.15, 0.2) is 0 Å². The van der Waals surface area contributed by atoms with Gasteiger partial charge < -0.3 is 8.85 Å². The van der Waals surface area contributed by atoms with Crippen LogP contribution in [0.15, 0.2) is 30.3 Å². The predicted octanol–water partition coefficient (Wildman–Crippen LogP) is 2.24. The Kier molecular flexibility index (Phi) is 6.32. The van der Waals surface area contributed by atoms with Gasteiger partial charge >= 0.3 is 9.28 Å². The second-order valence-corrected chi connectivity index (χ2v) is 5.08. The minimum Gasteiger partial charge on any atom is -0.390 e. The molecule has 0 bridgehead atoms. The van der Waals surface area contributed by atoms with Crippen LogP contribution in [0.1, 0.15) is 26.7 Å². The number of rotatable bonds is 7. The highest BCUT2D eigenvalue weighted by Gasteiger charge is 2.17. The molecule has 0 heterocycles. The Balaban J connectivity index is 2.55. The van der Waals surface area contributed by atoms with Gasteiger partial charge in [-0.2, -0.15) is 0 Å². The van der Waals surface area contributed by atoms with E-state index in [2.05, 4.69) is 26.0 Å². The summed E-state index contributed by atoms with van der Waals surface area (Å²) in [6.07, 6.45) is 2.08. The van der Waals surface area contributed by atoms with Gasteiger partial charge in [-0.3, -0.25) is 0 Å². The molecule has 0 aliphatic carbocycles. The van der Waals surface area contributed by atoms with Crippen LogP contribution in [0.2, 0.25) is 0 Å². The fourth-order valence-corrected chi connectivity index (χ4v) is 2.83. The molecule has 0 atom stereocenters. The smallest absolute Gasteiger partial charge is 0.390 e.